The maximum atomic E-state index is 13.3. The number of hydrogen-bond donors (Lipinski definition) is 3. The van der Waals surface area contributed by atoms with E-state index in [2.05, 4.69) is 6.58 Å². The minimum absolute atomic E-state index is 0.138. The number of esters is 1. The van der Waals surface area contributed by atoms with Gasteiger partial charge < -0.3 is 24.9 Å². The van der Waals surface area contributed by atoms with E-state index in [9.17, 15) is 29.7 Å². The molecule has 0 aliphatic heterocycles. The van der Waals surface area contributed by atoms with Crippen LogP contribution in [0.15, 0.2) is 12.2 Å². The van der Waals surface area contributed by atoms with Crippen LogP contribution >= 0.6 is 0 Å². The van der Waals surface area contributed by atoms with Gasteiger partial charge in [-0.1, -0.05) is 13.5 Å². The minimum Gasteiger partial charge on any atom is -0.462 e. The SMILES string of the molecule is C=C1C(=O)[C@@]23[C@H](O)C[C@@H]4[C@](C)(C=O)[C@@H](OC(C)=O)CC[C@@]4(C)[C@@H]2C[C@H](O)[C@@H]1[C@H]3O. The molecule has 29 heavy (non-hydrogen) atoms. The number of carbonyl (C=O) groups excluding carboxylic acids is 3. The van der Waals surface area contributed by atoms with E-state index in [1.807, 2.05) is 6.92 Å². The van der Waals surface area contributed by atoms with Gasteiger partial charge in [0.15, 0.2) is 5.78 Å². The van der Waals surface area contributed by atoms with Gasteiger partial charge in [-0.15, -0.1) is 0 Å². The first-order valence-electron chi connectivity index (χ1n) is 10.4. The summed E-state index contributed by atoms with van der Waals surface area (Å²) in [5.41, 5.74) is -2.85. The third kappa shape index (κ3) is 2.27. The Labute approximate surface area is 170 Å². The number of aliphatic hydroxyl groups excluding tert-OH is 3. The normalized spacial score (nSPS) is 53.8. The number of aliphatic hydroxyl groups is 3. The lowest BCUT2D eigenvalue weighted by Gasteiger charge is -2.65. The van der Waals surface area contributed by atoms with Gasteiger partial charge in [-0.25, -0.2) is 0 Å². The van der Waals surface area contributed by atoms with Crippen LogP contribution in [-0.2, 0) is 19.1 Å². The fourth-order valence-corrected chi connectivity index (χ4v) is 7.60. The molecule has 1 spiro atoms. The quantitative estimate of drug-likeness (QED) is 0.352. The highest BCUT2D eigenvalue weighted by Gasteiger charge is 2.76. The Morgan fingerprint density at radius 3 is 2.45 bits per heavy atom. The second kappa shape index (κ2) is 6.22. The van der Waals surface area contributed by atoms with Crippen molar-refractivity contribution in [3.8, 4) is 0 Å². The zero-order valence-electron chi connectivity index (χ0n) is 17.1. The summed E-state index contributed by atoms with van der Waals surface area (Å²) in [6.45, 7) is 8.85. The first-order valence-corrected chi connectivity index (χ1v) is 10.4. The van der Waals surface area contributed by atoms with Crippen LogP contribution in [0, 0.1) is 34.0 Å². The third-order valence-electron chi connectivity index (χ3n) is 8.94. The summed E-state index contributed by atoms with van der Waals surface area (Å²) < 4.78 is 5.47. The average Bonchev–Trinajstić information content (AvgIpc) is 2.78. The summed E-state index contributed by atoms with van der Waals surface area (Å²) in [4.78, 5) is 37.2. The zero-order chi connectivity index (χ0) is 21.5. The smallest absolute Gasteiger partial charge is 0.302 e. The molecule has 4 saturated carbocycles. The lowest BCUT2D eigenvalue weighted by molar-refractivity contribution is -0.248. The molecule has 0 aromatic heterocycles. The minimum atomic E-state index is -1.40. The molecule has 4 aliphatic carbocycles. The van der Waals surface area contributed by atoms with Gasteiger partial charge in [-0.2, -0.15) is 0 Å². The summed E-state index contributed by atoms with van der Waals surface area (Å²) in [7, 11) is 0. The second-order valence-corrected chi connectivity index (χ2v) is 10.0. The molecule has 3 N–H and O–H groups in total. The Kier molecular flexibility index (Phi) is 4.44. The van der Waals surface area contributed by atoms with E-state index in [1.54, 1.807) is 6.92 Å². The molecule has 4 aliphatic rings. The lowest BCUT2D eigenvalue weighted by atomic mass is 9.39. The van der Waals surface area contributed by atoms with Gasteiger partial charge in [-0.3, -0.25) is 9.59 Å². The molecule has 160 valence electrons. The fraction of sp³-hybridized carbons (Fsp3) is 0.773. The lowest BCUT2D eigenvalue weighted by Crippen LogP contribution is -2.70. The van der Waals surface area contributed by atoms with E-state index in [1.165, 1.54) is 6.92 Å². The van der Waals surface area contributed by atoms with Gasteiger partial charge >= 0.3 is 5.97 Å². The first kappa shape index (κ1) is 20.7. The topological polar surface area (TPSA) is 121 Å². The van der Waals surface area contributed by atoms with E-state index < -0.39 is 58.5 Å². The van der Waals surface area contributed by atoms with Crippen molar-refractivity contribution in [1.82, 2.24) is 0 Å². The highest BCUT2D eigenvalue weighted by molar-refractivity contribution is 6.04. The van der Waals surface area contributed by atoms with Gasteiger partial charge in [0.2, 0.25) is 0 Å². The largest absolute Gasteiger partial charge is 0.462 e. The van der Waals surface area contributed by atoms with Crippen molar-refractivity contribution in [1.29, 1.82) is 0 Å². The van der Waals surface area contributed by atoms with E-state index >= 15 is 0 Å². The van der Waals surface area contributed by atoms with Crippen molar-refractivity contribution >= 4 is 18.0 Å². The number of hydrogen-bond acceptors (Lipinski definition) is 7. The van der Waals surface area contributed by atoms with Crippen LogP contribution in [0.2, 0.25) is 0 Å². The summed E-state index contributed by atoms with van der Waals surface area (Å²) in [5, 5.41) is 33.1. The molecule has 7 heteroatoms. The molecule has 0 heterocycles. The monoisotopic (exact) mass is 406 g/mol. The van der Waals surface area contributed by atoms with Crippen LogP contribution < -0.4 is 0 Å². The maximum Gasteiger partial charge on any atom is 0.302 e. The molecule has 0 amide bonds. The van der Waals surface area contributed by atoms with E-state index in [0.29, 0.717) is 12.8 Å². The molecule has 7 nitrogen and oxygen atoms in total. The summed E-state index contributed by atoms with van der Waals surface area (Å²) in [6.07, 6.45) is -1.72. The van der Waals surface area contributed by atoms with Crippen LogP contribution in [0.1, 0.15) is 46.5 Å². The van der Waals surface area contributed by atoms with Gasteiger partial charge in [0.25, 0.3) is 0 Å². The van der Waals surface area contributed by atoms with Gasteiger partial charge in [-0.05, 0) is 55.4 Å². The number of Topliss-reactive ketones (excluding diaryl/α,β-unsaturated/α-hetero) is 1. The number of ketones is 1. The van der Waals surface area contributed by atoms with Crippen LogP contribution in [0.5, 0.6) is 0 Å². The Morgan fingerprint density at radius 1 is 1.21 bits per heavy atom. The fourth-order valence-electron chi connectivity index (χ4n) is 7.60. The van der Waals surface area contributed by atoms with Crippen molar-refractivity contribution in [2.45, 2.75) is 70.9 Å². The van der Waals surface area contributed by atoms with Crippen molar-refractivity contribution in [3.63, 3.8) is 0 Å². The molecule has 2 bridgehead atoms. The molecule has 0 unspecified atom stereocenters. The predicted molar refractivity (Wildman–Crippen MR) is 101 cm³/mol. The zero-order valence-corrected chi connectivity index (χ0v) is 17.1. The molecule has 4 rings (SSSR count). The number of fused-ring (bicyclic) bond motifs is 3. The maximum absolute atomic E-state index is 13.3. The average molecular weight is 406 g/mol. The molecule has 0 radical (unpaired) electrons. The van der Waals surface area contributed by atoms with Crippen molar-refractivity contribution in [2.24, 2.45) is 34.0 Å². The van der Waals surface area contributed by atoms with Gasteiger partial charge in [0, 0.05) is 12.8 Å². The van der Waals surface area contributed by atoms with Crippen LogP contribution in [0.3, 0.4) is 0 Å². The Balaban J connectivity index is 1.84. The predicted octanol–water partition coefficient (Wildman–Crippen LogP) is 0.787. The third-order valence-corrected chi connectivity index (χ3v) is 8.94. The molecule has 0 aromatic carbocycles. The Morgan fingerprint density at radius 2 is 1.86 bits per heavy atom. The Hall–Kier alpha value is -1.57. The molecule has 10 atom stereocenters. The molecular formula is C22H30O7. The number of carbonyl (C=O) groups is 3. The number of rotatable bonds is 2. The molecule has 0 aromatic rings. The summed E-state index contributed by atoms with van der Waals surface area (Å²) >= 11 is 0. The van der Waals surface area contributed by atoms with Crippen molar-refractivity contribution in [3.05, 3.63) is 12.2 Å². The molecule has 4 fully saturated rings. The first-order chi connectivity index (χ1) is 13.5. The van der Waals surface area contributed by atoms with Crippen LogP contribution in [-0.4, -0.2) is 57.8 Å². The second-order valence-electron chi connectivity index (χ2n) is 10.0. The highest BCUT2D eigenvalue weighted by Crippen LogP contribution is 2.71. The standard InChI is InChI=1S/C22H30O7/c1-10-17-12(25)7-14-20(3)6-5-16(29-11(2)24)21(4,9-23)13(20)8-15(26)22(14,18(10)27)19(17)28/h9,12-17,19,25-26,28H,1,5-8H2,2-4H3/t12-,13-,14-,15+,16-,17+,19+,20+,21-,22-/m0/s1. The summed E-state index contributed by atoms with van der Waals surface area (Å²) in [5.74, 6) is -2.46. The van der Waals surface area contributed by atoms with Crippen LogP contribution in [0.4, 0.5) is 0 Å². The van der Waals surface area contributed by atoms with Crippen LogP contribution in [0.25, 0.3) is 0 Å². The van der Waals surface area contributed by atoms with Gasteiger partial charge in [0.05, 0.1) is 29.1 Å². The highest BCUT2D eigenvalue weighted by atomic mass is 16.5. The van der Waals surface area contributed by atoms with Crippen molar-refractivity contribution < 1.29 is 34.4 Å². The van der Waals surface area contributed by atoms with Gasteiger partial charge in [0.1, 0.15) is 12.4 Å². The molecular weight excluding hydrogens is 376 g/mol. The summed E-state index contributed by atoms with van der Waals surface area (Å²) in [6, 6.07) is 0. The molecule has 0 saturated heterocycles. The van der Waals surface area contributed by atoms with E-state index in [-0.39, 0.29) is 30.1 Å². The number of aldehydes is 1. The van der Waals surface area contributed by atoms with E-state index in [0.717, 1.165) is 6.29 Å². The Bertz CT molecular complexity index is 792. The van der Waals surface area contributed by atoms with E-state index in [4.69, 9.17) is 4.74 Å². The number of ether oxygens (including phenoxy) is 1. The van der Waals surface area contributed by atoms with Crippen molar-refractivity contribution in [2.75, 3.05) is 0 Å².